The van der Waals surface area contributed by atoms with Crippen LogP contribution in [0.2, 0.25) is 0 Å². The third-order valence-corrected chi connectivity index (χ3v) is 4.88. The predicted octanol–water partition coefficient (Wildman–Crippen LogP) is 3.39. The zero-order valence-electron chi connectivity index (χ0n) is 16.0. The lowest BCUT2D eigenvalue weighted by molar-refractivity contribution is 0.137. The molecule has 0 aromatic carbocycles. The number of piperidine rings is 1. The molecule has 1 aliphatic heterocycles. The molecule has 1 unspecified atom stereocenters. The minimum Gasteiger partial charge on any atom is -0.365 e. The van der Waals surface area contributed by atoms with E-state index in [0.717, 1.165) is 29.7 Å². The molecule has 0 saturated carbocycles. The molecule has 1 atom stereocenters. The second-order valence-corrected chi connectivity index (χ2v) is 7.37. The van der Waals surface area contributed by atoms with E-state index in [0.29, 0.717) is 24.3 Å². The van der Waals surface area contributed by atoms with Crippen LogP contribution in [-0.4, -0.2) is 50.0 Å². The van der Waals surface area contributed by atoms with Crippen LogP contribution in [0.4, 0.5) is 10.2 Å². The highest BCUT2D eigenvalue weighted by Crippen LogP contribution is 2.27. The molecule has 28 heavy (non-hydrogen) atoms. The van der Waals surface area contributed by atoms with Crippen molar-refractivity contribution in [2.75, 3.05) is 25.0 Å². The van der Waals surface area contributed by atoms with Gasteiger partial charge in [-0.05, 0) is 39.3 Å². The maximum atomic E-state index is 15.0. The summed E-state index contributed by atoms with van der Waals surface area (Å²) < 4.78 is 16.9. The van der Waals surface area contributed by atoms with E-state index in [1.165, 1.54) is 0 Å². The standard InChI is InChI=1S/C19H24FN7.ClH/c1-13(2)27-10-14(9-25-27)15-8-16-17(23-7-6-22-16)18(26-15)24-12-19(20)4-3-5-21-11-19;/h6-10,13,21H,3-5,11-12H2,1-2H3,(H,24,26);1H. The summed E-state index contributed by atoms with van der Waals surface area (Å²) in [5.74, 6) is 0.551. The number of hydrogen-bond donors (Lipinski definition) is 2. The highest BCUT2D eigenvalue weighted by Gasteiger charge is 2.31. The van der Waals surface area contributed by atoms with E-state index >= 15 is 0 Å². The average Bonchev–Trinajstić information content (AvgIpc) is 3.17. The molecule has 1 aliphatic rings. The number of nitrogens with zero attached hydrogens (tertiary/aromatic N) is 5. The van der Waals surface area contributed by atoms with Crippen LogP contribution < -0.4 is 10.6 Å². The Bertz CT molecular complexity index is 937. The monoisotopic (exact) mass is 405 g/mol. The summed E-state index contributed by atoms with van der Waals surface area (Å²) in [6, 6.07) is 2.16. The number of nitrogens with one attached hydrogen (secondary N) is 2. The summed E-state index contributed by atoms with van der Waals surface area (Å²) in [7, 11) is 0. The van der Waals surface area contributed by atoms with E-state index in [4.69, 9.17) is 4.98 Å². The van der Waals surface area contributed by atoms with Crippen molar-refractivity contribution >= 4 is 29.3 Å². The van der Waals surface area contributed by atoms with Gasteiger partial charge in [0.2, 0.25) is 0 Å². The first-order valence-electron chi connectivity index (χ1n) is 9.34. The van der Waals surface area contributed by atoms with Gasteiger partial charge in [0.15, 0.2) is 5.82 Å². The highest BCUT2D eigenvalue weighted by atomic mass is 35.5. The Kier molecular flexibility index (Phi) is 6.10. The van der Waals surface area contributed by atoms with Crippen LogP contribution in [0, 0.1) is 0 Å². The molecule has 1 saturated heterocycles. The Hall–Kier alpha value is -2.32. The summed E-state index contributed by atoms with van der Waals surface area (Å²) >= 11 is 0. The van der Waals surface area contributed by atoms with Gasteiger partial charge in [0.1, 0.15) is 11.2 Å². The summed E-state index contributed by atoms with van der Waals surface area (Å²) in [6.45, 7) is 5.55. The number of aromatic nitrogens is 5. The highest BCUT2D eigenvalue weighted by molar-refractivity contribution is 5.88. The van der Waals surface area contributed by atoms with Gasteiger partial charge < -0.3 is 10.6 Å². The Labute approximate surface area is 169 Å². The van der Waals surface area contributed by atoms with E-state index in [1.54, 1.807) is 18.6 Å². The smallest absolute Gasteiger partial charge is 0.155 e. The quantitative estimate of drug-likeness (QED) is 0.677. The molecule has 3 aromatic heterocycles. The first-order chi connectivity index (χ1) is 13.0. The van der Waals surface area contributed by atoms with Crippen molar-refractivity contribution in [3.05, 3.63) is 30.9 Å². The maximum Gasteiger partial charge on any atom is 0.155 e. The van der Waals surface area contributed by atoms with Crippen molar-refractivity contribution < 1.29 is 4.39 Å². The van der Waals surface area contributed by atoms with E-state index in [-0.39, 0.29) is 25.0 Å². The Morgan fingerprint density at radius 1 is 1.32 bits per heavy atom. The van der Waals surface area contributed by atoms with Crippen molar-refractivity contribution in [3.8, 4) is 11.3 Å². The fourth-order valence-electron chi connectivity index (χ4n) is 3.32. The SMILES string of the molecule is CC(C)n1cc(-c2cc3nccnc3c(NCC3(F)CCCNC3)n2)cn1.Cl. The van der Waals surface area contributed by atoms with Crippen LogP contribution in [0.15, 0.2) is 30.9 Å². The van der Waals surface area contributed by atoms with Crippen LogP contribution in [0.1, 0.15) is 32.7 Å². The molecule has 150 valence electrons. The van der Waals surface area contributed by atoms with Crippen LogP contribution >= 0.6 is 12.4 Å². The van der Waals surface area contributed by atoms with Crippen LogP contribution in [0.3, 0.4) is 0 Å². The fourth-order valence-corrected chi connectivity index (χ4v) is 3.32. The normalized spacial score (nSPS) is 19.6. The van der Waals surface area contributed by atoms with E-state index in [1.807, 2.05) is 16.9 Å². The number of anilines is 1. The van der Waals surface area contributed by atoms with Gasteiger partial charge in [0.25, 0.3) is 0 Å². The van der Waals surface area contributed by atoms with Gasteiger partial charge in [-0.15, -0.1) is 12.4 Å². The molecule has 0 amide bonds. The molecular weight excluding hydrogens is 381 g/mol. The van der Waals surface area contributed by atoms with Crippen LogP contribution in [0.25, 0.3) is 22.3 Å². The first-order valence-corrected chi connectivity index (χ1v) is 9.34. The lowest BCUT2D eigenvalue weighted by Crippen LogP contribution is -2.46. The molecule has 0 radical (unpaired) electrons. The van der Waals surface area contributed by atoms with Gasteiger partial charge in [-0.2, -0.15) is 5.10 Å². The van der Waals surface area contributed by atoms with Gasteiger partial charge in [0.05, 0.1) is 24.0 Å². The van der Waals surface area contributed by atoms with Crippen molar-refractivity contribution in [1.82, 2.24) is 30.0 Å². The molecule has 0 spiro atoms. The molecular formula is C19H25ClFN7. The topological polar surface area (TPSA) is 80.5 Å². The molecule has 0 aliphatic carbocycles. The molecule has 0 bridgehead atoms. The summed E-state index contributed by atoms with van der Waals surface area (Å²) in [5.41, 5.74) is 1.72. The number of halogens is 2. The molecule has 7 nitrogen and oxygen atoms in total. The summed E-state index contributed by atoms with van der Waals surface area (Å²) in [6.07, 6.45) is 8.39. The van der Waals surface area contributed by atoms with Gasteiger partial charge in [-0.25, -0.2) is 14.4 Å². The number of pyridine rings is 1. The van der Waals surface area contributed by atoms with Gasteiger partial charge in [-0.3, -0.25) is 9.67 Å². The first kappa shape index (κ1) is 20.4. The van der Waals surface area contributed by atoms with Crippen molar-refractivity contribution in [3.63, 3.8) is 0 Å². The van der Waals surface area contributed by atoms with Gasteiger partial charge in [0, 0.05) is 36.7 Å². The van der Waals surface area contributed by atoms with Crippen LogP contribution in [-0.2, 0) is 0 Å². The van der Waals surface area contributed by atoms with Gasteiger partial charge >= 0.3 is 0 Å². The minimum atomic E-state index is -1.28. The van der Waals surface area contributed by atoms with Crippen molar-refractivity contribution in [2.45, 2.75) is 38.4 Å². The number of fused-ring (bicyclic) bond motifs is 1. The Balaban J connectivity index is 0.00000225. The molecule has 4 rings (SSSR count). The molecule has 9 heteroatoms. The molecule has 1 fully saturated rings. The zero-order chi connectivity index (χ0) is 18.9. The molecule has 2 N–H and O–H groups in total. The molecule has 3 aromatic rings. The van der Waals surface area contributed by atoms with E-state index in [9.17, 15) is 4.39 Å². The van der Waals surface area contributed by atoms with E-state index in [2.05, 4.69) is 39.5 Å². The lowest BCUT2D eigenvalue weighted by Gasteiger charge is -2.30. The predicted molar refractivity (Wildman–Crippen MR) is 111 cm³/mol. The number of rotatable bonds is 5. The number of alkyl halides is 1. The second kappa shape index (κ2) is 8.36. The summed E-state index contributed by atoms with van der Waals surface area (Å²) in [5, 5.41) is 10.7. The zero-order valence-corrected chi connectivity index (χ0v) is 16.8. The molecule has 4 heterocycles. The largest absolute Gasteiger partial charge is 0.365 e. The third kappa shape index (κ3) is 4.23. The van der Waals surface area contributed by atoms with Crippen molar-refractivity contribution in [2.24, 2.45) is 0 Å². The number of hydrogen-bond acceptors (Lipinski definition) is 6. The minimum absolute atomic E-state index is 0. The second-order valence-electron chi connectivity index (χ2n) is 7.37. The maximum absolute atomic E-state index is 15.0. The van der Waals surface area contributed by atoms with E-state index < -0.39 is 5.67 Å². The third-order valence-electron chi connectivity index (χ3n) is 4.88. The Morgan fingerprint density at radius 3 is 2.86 bits per heavy atom. The van der Waals surface area contributed by atoms with Gasteiger partial charge in [-0.1, -0.05) is 0 Å². The van der Waals surface area contributed by atoms with Crippen LogP contribution in [0.5, 0.6) is 0 Å². The summed E-state index contributed by atoms with van der Waals surface area (Å²) in [4.78, 5) is 13.5. The average molecular weight is 406 g/mol. The lowest BCUT2D eigenvalue weighted by atomic mass is 9.96. The fraction of sp³-hybridized carbons (Fsp3) is 0.474. The van der Waals surface area contributed by atoms with Crippen molar-refractivity contribution in [1.29, 1.82) is 0 Å². The Morgan fingerprint density at radius 2 is 2.14 bits per heavy atom.